The largest absolute Gasteiger partial charge is 0.493 e. The number of aliphatic hydroxyl groups is 1. The van der Waals surface area contributed by atoms with Gasteiger partial charge in [0, 0.05) is 56.9 Å². The third-order valence-corrected chi connectivity index (χ3v) is 7.70. The van der Waals surface area contributed by atoms with Crippen LogP contribution in [0, 0.1) is 11.8 Å². The molecule has 1 aliphatic carbocycles. The Morgan fingerprint density at radius 2 is 1.74 bits per heavy atom. The lowest BCUT2D eigenvalue weighted by atomic mass is 9.93. The summed E-state index contributed by atoms with van der Waals surface area (Å²) in [6, 6.07) is 15.6. The first-order valence-electron chi connectivity index (χ1n) is 14.2. The number of rotatable bonds is 14. The zero-order valence-corrected chi connectivity index (χ0v) is 23.5. The molecule has 0 unspecified atom stereocenters. The van der Waals surface area contributed by atoms with Gasteiger partial charge >= 0.3 is 0 Å². The van der Waals surface area contributed by atoms with Crippen molar-refractivity contribution in [1.29, 1.82) is 0 Å². The second-order valence-electron chi connectivity index (χ2n) is 11.0. The summed E-state index contributed by atoms with van der Waals surface area (Å²) in [5.41, 5.74) is 1.59. The average Bonchev–Trinajstić information content (AvgIpc) is 3.68. The number of hydrogen-bond donors (Lipinski definition) is 2. The number of nitrogens with zero attached hydrogens (tertiary/aromatic N) is 2. The summed E-state index contributed by atoms with van der Waals surface area (Å²) in [5.74, 6) is 1.73. The SMILES string of the molecule is COc1ccc(C(=O)N(C[C@@H]2CNC[C@H]2CN(C(=O)Cc2ccccc2)C2CC2)C(C)C)cc1OCCCO. The van der Waals surface area contributed by atoms with Crippen molar-refractivity contribution in [3.8, 4) is 11.5 Å². The van der Waals surface area contributed by atoms with Crippen molar-refractivity contribution in [2.24, 2.45) is 11.8 Å². The molecule has 0 aromatic heterocycles. The summed E-state index contributed by atoms with van der Waals surface area (Å²) < 4.78 is 11.2. The Hall–Kier alpha value is -3.10. The molecule has 212 valence electrons. The van der Waals surface area contributed by atoms with E-state index in [9.17, 15) is 9.59 Å². The maximum Gasteiger partial charge on any atom is 0.254 e. The molecule has 0 spiro atoms. The Morgan fingerprint density at radius 1 is 1.03 bits per heavy atom. The first-order valence-corrected chi connectivity index (χ1v) is 14.2. The number of hydrogen-bond acceptors (Lipinski definition) is 6. The van der Waals surface area contributed by atoms with Crippen molar-refractivity contribution in [1.82, 2.24) is 15.1 Å². The van der Waals surface area contributed by atoms with Crippen LogP contribution in [0.2, 0.25) is 0 Å². The first kappa shape index (κ1) is 28.9. The highest BCUT2D eigenvalue weighted by Gasteiger charge is 2.38. The summed E-state index contributed by atoms with van der Waals surface area (Å²) in [6.07, 6.45) is 3.07. The van der Waals surface area contributed by atoms with Gasteiger partial charge in [0.25, 0.3) is 5.91 Å². The minimum atomic E-state index is -0.0514. The molecule has 2 N–H and O–H groups in total. The normalized spacial score (nSPS) is 18.7. The van der Waals surface area contributed by atoms with Gasteiger partial charge in [0.05, 0.1) is 20.1 Å². The number of ether oxygens (including phenoxy) is 2. The van der Waals surface area contributed by atoms with Crippen molar-refractivity contribution in [3.05, 3.63) is 59.7 Å². The van der Waals surface area contributed by atoms with Crippen LogP contribution in [-0.2, 0) is 11.2 Å². The number of benzene rings is 2. The quantitative estimate of drug-likeness (QED) is 0.359. The molecule has 8 nitrogen and oxygen atoms in total. The smallest absolute Gasteiger partial charge is 0.254 e. The molecule has 1 saturated carbocycles. The molecule has 39 heavy (non-hydrogen) atoms. The second-order valence-corrected chi connectivity index (χ2v) is 11.0. The molecule has 2 atom stereocenters. The van der Waals surface area contributed by atoms with Gasteiger partial charge in [-0.25, -0.2) is 0 Å². The van der Waals surface area contributed by atoms with Crippen molar-refractivity contribution in [2.45, 2.75) is 51.6 Å². The summed E-state index contributed by atoms with van der Waals surface area (Å²) in [6.45, 7) is 7.46. The van der Waals surface area contributed by atoms with Crippen LogP contribution in [0.15, 0.2) is 48.5 Å². The van der Waals surface area contributed by atoms with Crippen LogP contribution >= 0.6 is 0 Å². The molecule has 0 radical (unpaired) electrons. The first-order chi connectivity index (χ1) is 18.9. The van der Waals surface area contributed by atoms with Crippen LogP contribution in [0.3, 0.4) is 0 Å². The van der Waals surface area contributed by atoms with Gasteiger partial charge in [-0.05, 0) is 62.3 Å². The molecular weight excluding hydrogens is 494 g/mol. The maximum atomic E-state index is 13.7. The standard InChI is InChI=1S/C31H43N3O5/c1-22(2)33(31(37)24-10-13-28(38-3)29(17-24)39-15-7-14-35)20-25-18-32-19-26(25)21-34(27-11-12-27)30(36)16-23-8-5-4-6-9-23/h4-6,8-10,13,17,22,25-27,32,35H,7,11-12,14-16,18-21H2,1-3H3/t25-,26-/m0/s1. The van der Waals surface area contributed by atoms with E-state index in [1.165, 1.54) is 0 Å². The predicted octanol–water partition coefficient (Wildman–Crippen LogP) is 3.38. The molecule has 1 aliphatic heterocycles. The number of carbonyl (C=O) groups is 2. The topological polar surface area (TPSA) is 91.3 Å². The molecule has 2 aromatic rings. The number of aliphatic hydroxyl groups excluding tert-OH is 1. The van der Waals surface area contributed by atoms with E-state index >= 15 is 0 Å². The van der Waals surface area contributed by atoms with Crippen LogP contribution in [0.1, 0.15) is 49.0 Å². The minimum Gasteiger partial charge on any atom is -0.493 e. The fourth-order valence-corrected chi connectivity index (χ4v) is 5.30. The third-order valence-electron chi connectivity index (χ3n) is 7.70. The van der Waals surface area contributed by atoms with Gasteiger partial charge in [-0.15, -0.1) is 0 Å². The predicted molar refractivity (Wildman–Crippen MR) is 151 cm³/mol. The zero-order valence-electron chi connectivity index (χ0n) is 23.5. The van der Waals surface area contributed by atoms with E-state index in [1.54, 1.807) is 25.3 Å². The Kier molecular flexibility index (Phi) is 10.2. The molecule has 8 heteroatoms. The monoisotopic (exact) mass is 537 g/mol. The van der Waals surface area contributed by atoms with E-state index in [-0.39, 0.29) is 36.3 Å². The van der Waals surface area contributed by atoms with Crippen molar-refractivity contribution in [3.63, 3.8) is 0 Å². The van der Waals surface area contributed by atoms with E-state index in [2.05, 4.69) is 10.2 Å². The average molecular weight is 538 g/mol. The van der Waals surface area contributed by atoms with Gasteiger partial charge in [-0.1, -0.05) is 30.3 Å². The number of carbonyl (C=O) groups excluding carboxylic acids is 2. The Balaban J connectivity index is 1.44. The van der Waals surface area contributed by atoms with Crippen molar-refractivity contribution < 1.29 is 24.2 Å². The summed E-state index contributed by atoms with van der Waals surface area (Å²) in [4.78, 5) is 31.0. The van der Waals surface area contributed by atoms with Crippen LogP contribution < -0.4 is 14.8 Å². The summed E-state index contributed by atoms with van der Waals surface area (Å²) in [5, 5.41) is 12.6. The minimum absolute atomic E-state index is 0.0128. The summed E-state index contributed by atoms with van der Waals surface area (Å²) >= 11 is 0. The van der Waals surface area contributed by atoms with Gasteiger partial charge in [0.2, 0.25) is 5.91 Å². The Bertz CT molecular complexity index is 1090. The lowest BCUT2D eigenvalue weighted by Crippen LogP contribution is -2.45. The van der Waals surface area contributed by atoms with E-state index in [4.69, 9.17) is 14.6 Å². The van der Waals surface area contributed by atoms with E-state index in [0.717, 1.165) is 38.0 Å². The second kappa shape index (κ2) is 13.8. The fourth-order valence-electron chi connectivity index (χ4n) is 5.30. The van der Waals surface area contributed by atoms with E-state index in [0.29, 0.717) is 49.1 Å². The molecule has 2 aromatic carbocycles. The summed E-state index contributed by atoms with van der Waals surface area (Å²) in [7, 11) is 1.57. The van der Waals surface area contributed by atoms with E-state index in [1.807, 2.05) is 49.1 Å². The van der Waals surface area contributed by atoms with Gasteiger partial charge in [-0.2, -0.15) is 0 Å². The molecule has 2 fully saturated rings. The van der Waals surface area contributed by atoms with Gasteiger partial charge in [0.1, 0.15) is 0 Å². The lowest BCUT2D eigenvalue weighted by molar-refractivity contribution is -0.131. The number of amides is 2. The molecule has 2 amide bonds. The highest BCUT2D eigenvalue weighted by atomic mass is 16.5. The zero-order chi connectivity index (χ0) is 27.8. The lowest BCUT2D eigenvalue weighted by Gasteiger charge is -2.34. The molecule has 1 saturated heterocycles. The van der Waals surface area contributed by atoms with Gasteiger partial charge in [0.15, 0.2) is 11.5 Å². The van der Waals surface area contributed by atoms with Crippen molar-refractivity contribution >= 4 is 11.8 Å². The number of methoxy groups -OCH3 is 1. The van der Waals surface area contributed by atoms with Gasteiger partial charge in [-0.3, -0.25) is 9.59 Å². The molecule has 2 aliphatic rings. The third kappa shape index (κ3) is 7.73. The molecule has 0 bridgehead atoms. The Labute approximate surface area is 232 Å². The molecule has 4 rings (SSSR count). The van der Waals surface area contributed by atoms with Crippen LogP contribution in [0.25, 0.3) is 0 Å². The highest BCUT2D eigenvalue weighted by Crippen LogP contribution is 2.32. The van der Waals surface area contributed by atoms with Crippen molar-refractivity contribution in [2.75, 3.05) is 46.5 Å². The van der Waals surface area contributed by atoms with Crippen LogP contribution in [0.5, 0.6) is 11.5 Å². The highest BCUT2D eigenvalue weighted by molar-refractivity contribution is 5.95. The number of nitrogens with one attached hydrogen (secondary N) is 1. The van der Waals surface area contributed by atoms with Crippen LogP contribution in [0.4, 0.5) is 0 Å². The molecular formula is C31H43N3O5. The van der Waals surface area contributed by atoms with Crippen LogP contribution in [-0.4, -0.2) is 85.3 Å². The Morgan fingerprint density at radius 3 is 2.38 bits per heavy atom. The van der Waals surface area contributed by atoms with Gasteiger partial charge < -0.3 is 29.7 Å². The fraction of sp³-hybridized carbons (Fsp3) is 0.548. The van der Waals surface area contributed by atoms with E-state index < -0.39 is 0 Å². The molecule has 1 heterocycles. The maximum absolute atomic E-state index is 13.7.